The van der Waals surface area contributed by atoms with Gasteiger partial charge in [-0.15, -0.1) is 0 Å². The Kier molecular flexibility index (Phi) is 4.90. The number of hydrazine groups is 1. The number of carbonyl (C=O) groups is 1. The fourth-order valence-corrected chi connectivity index (χ4v) is 2.16. The number of nitrogens with two attached hydrogens (primary N) is 1. The molecule has 21 heavy (non-hydrogen) atoms. The predicted octanol–water partition coefficient (Wildman–Crippen LogP) is 1.96. The Balaban J connectivity index is 1.98. The fraction of sp³-hybridized carbons (Fsp3) is 0.250. The summed E-state index contributed by atoms with van der Waals surface area (Å²) in [6, 6.07) is 9.90. The molecule has 110 valence electrons. The maximum absolute atomic E-state index is 12.2. The number of aromatic nitrogens is 1. The molecule has 0 radical (unpaired) electrons. The third-order valence-corrected chi connectivity index (χ3v) is 3.38. The minimum atomic E-state index is -0.177. The van der Waals surface area contributed by atoms with Crippen LogP contribution in [0.1, 0.15) is 27.2 Å². The summed E-state index contributed by atoms with van der Waals surface area (Å²) in [6.07, 6.45) is 2.33. The molecule has 1 heterocycles. The topological polar surface area (TPSA) is 80.0 Å². The van der Waals surface area contributed by atoms with Crippen molar-refractivity contribution in [3.63, 3.8) is 0 Å². The Bertz CT molecular complexity index is 640. The minimum Gasteiger partial charge on any atom is -0.352 e. The molecule has 2 rings (SSSR count). The highest BCUT2D eigenvalue weighted by molar-refractivity contribution is 5.99. The molecule has 0 unspecified atom stereocenters. The van der Waals surface area contributed by atoms with E-state index in [1.165, 1.54) is 17.3 Å². The van der Waals surface area contributed by atoms with Crippen molar-refractivity contribution in [1.29, 1.82) is 0 Å². The minimum absolute atomic E-state index is 0.177. The van der Waals surface area contributed by atoms with Crippen LogP contribution in [0.4, 0.5) is 5.69 Å². The molecule has 1 amide bonds. The zero-order valence-corrected chi connectivity index (χ0v) is 12.3. The Labute approximate surface area is 124 Å². The number of hydrogen-bond donors (Lipinski definition) is 3. The molecule has 0 saturated heterocycles. The molecule has 0 aliphatic carbocycles. The van der Waals surface area contributed by atoms with Crippen molar-refractivity contribution in [2.45, 2.75) is 20.3 Å². The van der Waals surface area contributed by atoms with Crippen molar-refractivity contribution < 1.29 is 4.79 Å². The van der Waals surface area contributed by atoms with Crippen molar-refractivity contribution in [3.05, 3.63) is 58.9 Å². The van der Waals surface area contributed by atoms with Gasteiger partial charge in [-0.1, -0.05) is 24.3 Å². The van der Waals surface area contributed by atoms with E-state index in [0.717, 1.165) is 12.1 Å². The second kappa shape index (κ2) is 6.85. The normalized spacial score (nSPS) is 10.2. The molecule has 4 N–H and O–H groups in total. The van der Waals surface area contributed by atoms with E-state index in [0.29, 0.717) is 17.8 Å². The van der Waals surface area contributed by atoms with E-state index in [9.17, 15) is 4.79 Å². The smallest absolute Gasteiger partial charge is 0.255 e. The van der Waals surface area contributed by atoms with Crippen molar-refractivity contribution in [1.82, 2.24) is 10.3 Å². The first-order chi connectivity index (χ1) is 10.1. The van der Waals surface area contributed by atoms with E-state index < -0.39 is 0 Å². The number of rotatable bonds is 5. The van der Waals surface area contributed by atoms with Crippen LogP contribution in [0.3, 0.4) is 0 Å². The van der Waals surface area contributed by atoms with Crippen molar-refractivity contribution >= 4 is 11.6 Å². The fourth-order valence-electron chi connectivity index (χ4n) is 2.16. The van der Waals surface area contributed by atoms with Crippen LogP contribution in [-0.2, 0) is 6.42 Å². The number of hydrogen-bond acceptors (Lipinski definition) is 4. The molecule has 5 heteroatoms. The van der Waals surface area contributed by atoms with Crippen LogP contribution in [0.15, 0.2) is 36.5 Å². The molecule has 1 aromatic carbocycles. The van der Waals surface area contributed by atoms with Crippen LogP contribution in [0.25, 0.3) is 0 Å². The summed E-state index contributed by atoms with van der Waals surface area (Å²) >= 11 is 0. The average molecular weight is 284 g/mol. The SMILES string of the molecule is Cc1cc(NN)c(C(=O)NCCc2ccccc2C)cn1. The van der Waals surface area contributed by atoms with Gasteiger partial charge in [0, 0.05) is 18.4 Å². The first kappa shape index (κ1) is 15.0. The number of anilines is 1. The number of amides is 1. The number of benzene rings is 1. The molecule has 0 atom stereocenters. The molecule has 0 bridgehead atoms. The molecule has 0 aliphatic heterocycles. The zero-order chi connectivity index (χ0) is 15.2. The van der Waals surface area contributed by atoms with E-state index >= 15 is 0 Å². The van der Waals surface area contributed by atoms with Gasteiger partial charge in [-0.3, -0.25) is 15.6 Å². The molecule has 1 aromatic heterocycles. The van der Waals surface area contributed by atoms with Gasteiger partial charge in [0.1, 0.15) is 0 Å². The van der Waals surface area contributed by atoms with Crippen LogP contribution in [0.5, 0.6) is 0 Å². The zero-order valence-electron chi connectivity index (χ0n) is 12.3. The molecule has 5 nitrogen and oxygen atoms in total. The summed E-state index contributed by atoms with van der Waals surface area (Å²) in [5.74, 6) is 5.26. The third-order valence-electron chi connectivity index (χ3n) is 3.38. The first-order valence-corrected chi connectivity index (χ1v) is 6.88. The number of nitrogen functional groups attached to an aromatic ring is 1. The summed E-state index contributed by atoms with van der Waals surface area (Å²) in [6.45, 7) is 4.49. The van der Waals surface area contributed by atoms with Gasteiger partial charge in [0.25, 0.3) is 5.91 Å². The van der Waals surface area contributed by atoms with Crippen LogP contribution in [0, 0.1) is 13.8 Å². The number of pyridine rings is 1. The maximum atomic E-state index is 12.2. The Morgan fingerprint density at radius 2 is 2.05 bits per heavy atom. The van der Waals surface area contributed by atoms with Crippen molar-refractivity contribution in [2.24, 2.45) is 5.84 Å². The highest BCUT2D eigenvalue weighted by Gasteiger charge is 2.11. The molecule has 0 aliphatic rings. The molecular weight excluding hydrogens is 264 g/mol. The van der Waals surface area contributed by atoms with Gasteiger partial charge >= 0.3 is 0 Å². The highest BCUT2D eigenvalue weighted by Crippen LogP contribution is 2.14. The van der Waals surface area contributed by atoms with Gasteiger partial charge < -0.3 is 10.7 Å². The second-order valence-corrected chi connectivity index (χ2v) is 4.95. The number of nitrogens with zero attached hydrogens (tertiary/aromatic N) is 1. The number of nitrogens with one attached hydrogen (secondary N) is 2. The van der Waals surface area contributed by atoms with Crippen molar-refractivity contribution in [2.75, 3.05) is 12.0 Å². The largest absolute Gasteiger partial charge is 0.352 e. The Morgan fingerprint density at radius 1 is 1.29 bits per heavy atom. The number of aryl methyl sites for hydroxylation is 2. The lowest BCUT2D eigenvalue weighted by atomic mass is 10.1. The summed E-state index contributed by atoms with van der Waals surface area (Å²) in [7, 11) is 0. The van der Waals surface area contributed by atoms with Crippen LogP contribution < -0.4 is 16.6 Å². The van der Waals surface area contributed by atoms with E-state index in [4.69, 9.17) is 5.84 Å². The standard InChI is InChI=1S/C16H20N4O/c1-11-5-3-4-6-13(11)7-8-18-16(21)14-10-19-12(2)9-15(14)20-17/h3-6,9-10H,7-8,17H2,1-2H3,(H,18,21)(H,19,20). The molecule has 0 spiro atoms. The van der Waals surface area contributed by atoms with Gasteiger partial charge in [0.05, 0.1) is 11.3 Å². The van der Waals surface area contributed by atoms with Crippen LogP contribution in [-0.4, -0.2) is 17.4 Å². The second-order valence-electron chi connectivity index (χ2n) is 4.95. The first-order valence-electron chi connectivity index (χ1n) is 6.88. The van der Waals surface area contributed by atoms with E-state index in [2.05, 4.69) is 34.8 Å². The predicted molar refractivity (Wildman–Crippen MR) is 84.0 cm³/mol. The lowest BCUT2D eigenvalue weighted by molar-refractivity contribution is 0.0954. The maximum Gasteiger partial charge on any atom is 0.255 e. The quantitative estimate of drug-likeness (QED) is 0.579. The molecule has 2 aromatic rings. The van der Waals surface area contributed by atoms with Crippen molar-refractivity contribution in [3.8, 4) is 0 Å². The lowest BCUT2D eigenvalue weighted by Gasteiger charge is -2.10. The summed E-state index contributed by atoms with van der Waals surface area (Å²) < 4.78 is 0. The summed E-state index contributed by atoms with van der Waals surface area (Å²) in [4.78, 5) is 16.3. The molecule has 0 saturated carbocycles. The Hall–Kier alpha value is -2.40. The highest BCUT2D eigenvalue weighted by atomic mass is 16.1. The third kappa shape index (κ3) is 3.79. The molecule has 0 fully saturated rings. The van der Waals surface area contributed by atoms with Gasteiger partial charge in [0.2, 0.25) is 0 Å². The van der Waals surface area contributed by atoms with E-state index in [-0.39, 0.29) is 5.91 Å². The van der Waals surface area contributed by atoms with Gasteiger partial charge in [-0.05, 0) is 37.5 Å². The monoisotopic (exact) mass is 284 g/mol. The summed E-state index contributed by atoms with van der Waals surface area (Å²) in [5.41, 5.74) is 6.83. The van der Waals surface area contributed by atoms with Crippen LogP contribution >= 0.6 is 0 Å². The lowest BCUT2D eigenvalue weighted by Crippen LogP contribution is -2.27. The summed E-state index contributed by atoms with van der Waals surface area (Å²) in [5, 5.41) is 2.89. The van der Waals surface area contributed by atoms with Crippen LogP contribution in [0.2, 0.25) is 0 Å². The average Bonchev–Trinajstić information content (AvgIpc) is 2.48. The van der Waals surface area contributed by atoms with E-state index in [1.807, 2.05) is 19.1 Å². The molecular formula is C16H20N4O. The Morgan fingerprint density at radius 3 is 2.76 bits per heavy atom. The van der Waals surface area contributed by atoms with Gasteiger partial charge in [0.15, 0.2) is 0 Å². The van der Waals surface area contributed by atoms with E-state index in [1.54, 1.807) is 6.07 Å². The van der Waals surface area contributed by atoms with Gasteiger partial charge in [-0.25, -0.2) is 0 Å². The van der Waals surface area contributed by atoms with Gasteiger partial charge in [-0.2, -0.15) is 0 Å². The number of carbonyl (C=O) groups excluding carboxylic acids is 1.